The van der Waals surface area contributed by atoms with Gasteiger partial charge in [0, 0.05) is 17.6 Å². The zero-order valence-corrected chi connectivity index (χ0v) is 9.99. The van der Waals surface area contributed by atoms with Crippen molar-refractivity contribution >= 4 is 22.4 Å². The number of aromatic hydroxyl groups is 1. The average molecular weight is 243 g/mol. The van der Waals surface area contributed by atoms with Crippen molar-refractivity contribution in [3.63, 3.8) is 0 Å². The minimum atomic E-state index is -0.467. The van der Waals surface area contributed by atoms with Gasteiger partial charge in [-0.15, -0.1) is 0 Å². The van der Waals surface area contributed by atoms with Crippen molar-refractivity contribution in [3.05, 3.63) is 35.4 Å². The Kier molecular flexibility index (Phi) is 2.37. The summed E-state index contributed by atoms with van der Waals surface area (Å²) in [6, 6.07) is 7.42. The van der Waals surface area contributed by atoms with E-state index in [0.29, 0.717) is 13.2 Å². The van der Waals surface area contributed by atoms with E-state index in [0.717, 1.165) is 22.0 Å². The van der Waals surface area contributed by atoms with Gasteiger partial charge in [-0.2, -0.15) is 0 Å². The average Bonchev–Trinajstić information content (AvgIpc) is 2.75. The zero-order valence-electron chi connectivity index (χ0n) is 9.99. The number of carbonyl (C=O) groups is 1. The maximum atomic E-state index is 11.9. The molecule has 0 saturated carbocycles. The minimum absolute atomic E-state index is 0.0169. The highest BCUT2D eigenvalue weighted by atomic mass is 16.5. The number of anilines is 1. The molecule has 0 saturated heterocycles. The van der Waals surface area contributed by atoms with Crippen LogP contribution in [0.3, 0.4) is 0 Å². The summed E-state index contributed by atoms with van der Waals surface area (Å²) in [4.78, 5) is 11.9. The van der Waals surface area contributed by atoms with E-state index in [-0.39, 0.29) is 11.3 Å². The van der Waals surface area contributed by atoms with E-state index in [2.05, 4.69) is 5.32 Å². The molecule has 0 aliphatic carbocycles. The normalized spacial score (nSPS) is 12.5. The first-order chi connectivity index (χ1) is 8.72. The molecule has 1 aliphatic heterocycles. The molecule has 0 fully saturated rings. The van der Waals surface area contributed by atoms with Gasteiger partial charge in [-0.25, -0.2) is 4.79 Å². The number of benzene rings is 2. The number of hydrogen-bond donors (Lipinski definition) is 2. The molecule has 0 spiro atoms. The lowest BCUT2D eigenvalue weighted by Crippen LogP contribution is -2.08. The SMILES string of the molecule is CCOC(=O)c1c(O)cc2cccc3c2c1CN3. The lowest BCUT2D eigenvalue weighted by molar-refractivity contribution is 0.0522. The number of phenols is 1. The first-order valence-electron chi connectivity index (χ1n) is 5.91. The Morgan fingerprint density at radius 3 is 3.11 bits per heavy atom. The second-order valence-corrected chi connectivity index (χ2v) is 4.23. The van der Waals surface area contributed by atoms with Crippen LogP contribution in [0.5, 0.6) is 5.75 Å². The first-order valence-corrected chi connectivity index (χ1v) is 5.91. The highest BCUT2D eigenvalue weighted by Crippen LogP contribution is 2.39. The Hall–Kier alpha value is -2.23. The summed E-state index contributed by atoms with van der Waals surface area (Å²) in [6.45, 7) is 2.59. The number of ether oxygens (including phenoxy) is 1. The number of esters is 1. The summed E-state index contributed by atoms with van der Waals surface area (Å²) >= 11 is 0. The van der Waals surface area contributed by atoms with E-state index in [4.69, 9.17) is 4.74 Å². The Morgan fingerprint density at radius 1 is 1.50 bits per heavy atom. The molecule has 0 aromatic heterocycles. The predicted molar refractivity (Wildman–Crippen MR) is 68.9 cm³/mol. The molecule has 1 heterocycles. The molecule has 4 heteroatoms. The van der Waals surface area contributed by atoms with Crippen LogP contribution in [-0.2, 0) is 11.3 Å². The van der Waals surface area contributed by atoms with Gasteiger partial charge >= 0.3 is 5.97 Å². The van der Waals surface area contributed by atoms with Gasteiger partial charge in [0.2, 0.25) is 0 Å². The van der Waals surface area contributed by atoms with E-state index in [9.17, 15) is 9.90 Å². The molecule has 18 heavy (non-hydrogen) atoms. The van der Waals surface area contributed by atoms with E-state index in [1.165, 1.54) is 0 Å². The lowest BCUT2D eigenvalue weighted by atomic mass is 9.99. The predicted octanol–water partition coefficient (Wildman–Crippen LogP) is 2.65. The van der Waals surface area contributed by atoms with Crippen molar-refractivity contribution in [2.75, 3.05) is 11.9 Å². The molecule has 2 aromatic rings. The van der Waals surface area contributed by atoms with Crippen LogP contribution in [0, 0.1) is 0 Å². The quantitative estimate of drug-likeness (QED) is 0.796. The summed E-state index contributed by atoms with van der Waals surface area (Å²) in [6.07, 6.45) is 0. The summed E-state index contributed by atoms with van der Waals surface area (Å²) in [5.74, 6) is -0.484. The molecule has 2 aromatic carbocycles. The van der Waals surface area contributed by atoms with E-state index in [1.54, 1.807) is 13.0 Å². The molecule has 0 amide bonds. The summed E-state index contributed by atoms with van der Waals surface area (Å²) < 4.78 is 5.00. The highest BCUT2D eigenvalue weighted by molar-refractivity contribution is 6.07. The number of rotatable bonds is 2. The summed E-state index contributed by atoms with van der Waals surface area (Å²) in [5.41, 5.74) is 2.09. The van der Waals surface area contributed by atoms with Crippen LogP contribution >= 0.6 is 0 Å². The van der Waals surface area contributed by atoms with Crippen molar-refractivity contribution in [2.24, 2.45) is 0 Å². The highest BCUT2D eigenvalue weighted by Gasteiger charge is 2.25. The van der Waals surface area contributed by atoms with E-state index in [1.807, 2.05) is 18.2 Å². The molecular weight excluding hydrogens is 230 g/mol. The second kappa shape index (κ2) is 3.91. The monoisotopic (exact) mass is 243 g/mol. The standard InChI is InChI=1S/C14H13NO3/c1-2-18-14(17)13-9-7-15-10-5-3-4-8(12(9)10)6-11(13)16/h3-6,15-16H,2,7H2,1H3. The van der Waals surface area contributed by atoms with Crippen molar-refractivity contribution < 1.29 is 14.6 Å². The van der Waals surface area contributed by atoms with Crippen LogP contribution in [0.1, 0.15) is 22.8 Å². The van der Waals surface area contributed by atoms with Crippen LogP contribution in [0.15, 0.2) is 24.3 Å². The molecule has 92 valence electrons. The Bertz CT molecular complexity index is 649. The molecule has 2 N–H and O–H groups in total. The van der Waals surface area contributed by atoms with Gasteiger partial charge in [0.25, 0.3) is 0 Å². The number of carbonyl (C=O) groups excluding carboxylic acids is 1. The minimum Gasteiger partial charge on any atom is -0.507 e. The number of nitrogens with one attached hydrogen (secondary N) is 1. The van der Waals surface area contributed by atoms with Crippen molar-refractivity contribution in [2.45, 2.75) is 13.5 Å². The Labute approximate surface area is 104 Å². The molecule has 4 nitrogen and oxygen atoms in total. The molecule has 0 bridgehead atoms. The van der Waals surface area contributed by atoms with Crippen molar-refractivity contribution in [3.8, 4) is 5.75 Å². The van der Waals surface area contributed by atoms with Gasteiger partial charge in [0.15, 0.2) is 0 Å². The molecule has 0 unspecified atom stereocenters. The van der Waals surface area contributed by atoms with Crippen LogP contribution in [-0.4, -0.2) is 17.7 Å². The smallest absolute Gasteiger partial charge is 0.342 e. The van der Waals surface area contributed by atoms with Crippen LogP contribution in [0.25, 0.3) is 10.8 Å². The molecular formula is C14H13NO3. The van der Waals surface area contributed by atoms with Gasteiger partial charge in [-0.1, -0.05) is 12.1 Å². The number of hydrogen-bond acceptors (Lipinski definition) is 4. The maximum Gasteiger partial charge on any atom is 0.342 e. The van der Waals surface area contributed by atoms with Gasteiger partial charge in [-0.3, -0.25) is 0 Å². The fourth-order valence-corrected chi connectivity index (χ4v) is 2.47. The van der Waals surface area contributed by atoms with E-state index >= 15 is 0 Å². The zero-order chi connectivity index (χ0) is 12.7. The fourth-order valence-electron chi connectivity index (χ4n) is 2.47. The molecule has 0 atom stereocenters. The first kappa shape index (κ1) is 10.9. The Morgan fingerprint density at radius 2 is 2.33 bits per heavy atom. The maximum absolute atomic E-state index is 11.9. The topological polar surface area (TPSA) is 58.6 Å². The van der Waals surface area contributed by atoms with Crippen molar-refractivity contribution in [1.29, 1.82) is 0 Å². The second-order valence-electron chi connectivity index (χ2n) is 4.23. The van der Waals surface area contributed by atoms with E-state index < -0.39 is 5.97 Å². The summed E-state index contributed by atoms with van der Waals surface area (Å²) in [5, 5.41) is 15.2. The third-order valence-corrected chi connectivity index (χ3v) is 3.18. The van der Waals surface area contributed by atoms with Gasteiger partial charge < -0.3 is 15.2 Å². The molecule has 3 rings (SSSR count). The third kappa shape index (κ3) is 1.42. The van der Waals surface area contributed by atoms with Crippen LogP contribution in [0.4, 0.5) is 5.69 Å². The molecule has 1 aliphatic rings. The summed E-state index contributed by atoms with van der Waals surface area (Å²) in [7, 11) is 0. The largest absolute Gasteiger partial charge is 0.507 e. The van der Waals surface area contributed by atoms with Crippen LogP contribution < -0.4 is 5.32 Å². The number of phenolic OH excluding ortho intramolecular Hbond substituents is 1. The van der Waals surface area contributed by atoms with Crippen LogP contribution in [0.2, 0.25) is 0 Å². The van der Waals surface area contributed by atoms with Gasteiger partial charge in [0.05, 0.1) is 6.61 Å². The van der Waals surface area contributed by atoms with Gasteiger partial charge in [0.1, 0.15) is 11.3 Å². The fraction of sp³-hybridized carbons (Fsp3) is 0.214. The van der Waals surface area contributed by atoms with Gasteiger partial charge in [-0.05, 0) is 30.0 Å². The third-order valence-electron chi connectivity index (χ3n) is 3.18. The Balaban J connectivity index is 2.29. The lowest BCUT2D eigenvalue weighted by Gasteiger charge is -2.09. The van der Waals surface area contributed by atoms with Crippen molar-refractivity contribution in [1.82, 2.24) is 0 Å². The molecule has 0 radical (unpaired) electrons.